The van der Waals surface area contributed by atoms with Gasteiger partial charge >= 0.3 is 6.09 Å². The minimum absolute atomic E-state index is 0.293. The second-order valence-corrected chi connectivity index (χ2v) is 8.08. The molecule has 0 radical (unpaired) electrons. The smallest absolute Gasteiger partial charge is 0.407 e. The number of nitrogens with one attached hydrogen (secondary N) is 2. The van der Waals surface area contributed by atoms with Gasteiger partial charge in [-0.2, -0.15) is 0 Å². The first-order valence-corrected chi connectivity index (χ1v) is 10.6. The predicted molar refractivity (Wildman–Crippen MR) is 119 cm³/mol. The molecule has 0 fully saturated rings. The van der Waals surface area contributed by atoms with E-state index in [1.54, 1.807) is 30.0 Å². The summed E-state index contributed by atoms with van der Waals surface area (Å²) in [5.41, 5.74) is 6.50. The number of carboxylic acid groups (broad SMARTS) is 1. The highest BCUT2D eigenvalue weighted by Crippen LogP contribution is 2.33. The number of pyridine rings is 1. The molecule has 3 aromatic heterocycles. The first kappa shape index (κ1) is 19.3. The van der Waals surface area contributed by atoms with Gasteiger partial charge in [0.2, 0.25) is 0 Å². The lowest BCUT2D eigenvalue weighted by molar-refractivity contribution is 0.150. The van der Waals surface area contributed by atoms with Crippen LogP contribution < -0.4 is 5.32 Å². The number of benzene rings is 1. The Morgan fingerprint density at radius 3 is 2.94 bits per heavy atom. The number of thiazole rings is 1. The Morgan fingerprint density at radius 1 is 1.29 bits per heavy atom. The molecule has 31 heavy (non-hydrogen) atoms. The quantitative estimate of drug-likeness (QED) is 0.402. The molecule has 0 aliphatic carbocycles. The normalized spacial score (nSPS) is 14.0. The van der Waals surface area contributed by atoms with Crippen LogP contribution in [0.3, 0.4) is 0 Å². The average Bonchev–Trinajstić information content (AvgIpc) is 3.46. The van der Waals surface area contributed by atoms with Crippen molar-refractivity contribution in [3.63, 3.8) is 0 Å². The summed E-state index contributed by atoms with van der Waals surface area (Å²) in [6.45, 7) is 0.833. The molecule has 1 aliphatic heterocycles. The molecule has 4 heterocycles. The summed E-state index contributed by atoms with van der Waals surface area (Å²) in [4.78, 5) is 25.1. The van der Waals surface area contributed by atoms with Gasteiger partial charge in [-0.25, -0.2) is 14.2 Å². The number of anilines is 2. The average molecular weight is 435 g/mol. The number of hydrogen-bond donors (Lipinski definition) is 3. The van der Waals surface area contributed by atoms with Crippen LogP contribution in [0.5, 0.6) is 0 Å². The predicted octanol–water partition coefficient (Wildman–Crippen LogP) is 5.34. The van der Waals surface area contributed by atoms with E-state index < -0.39 is 6.09 Å². The Morgan fingerprint density at radius 2 is 2.19 bits per heavy atom. The molecule has 0 saturated carbocycles. The standard InChI is InChI=1S/C22H18FN5O2S/c23-17-2-1-14(9-15(17)20-11-24-12-31-20)26-18-3-6-25-21-16(18)10-19(27-21)13-4-7-28(8-5-13)22(29)30/h1-4,6,9-12H,5,7-8H2,(H,29,30)(H2,25,26,27). The zero-order valence-electron chi connectivity index (χ0n) is 16.3. The minimum atomic E-state index is -0.905. The highest BCUT2D eigenvalue weighted by molar-refractivity contribution is 7.13. The number of nitrogens with zero attached hydrogens (tertiary/aromatic N) is 3. The van der Waals surface area contributed by atoms with Crippen molar-refractivity contribution in [2.24, 2.45) is 0 Å². The third-order valence-electron chi connectivity index (χ3n) is 5.30. The van der Waals surface area contributed by atoms with E-state index in [0.29, 0.717) is 25.1 Å². The van der Waals surface area contributed by atoms with Crippen LogP contribution in [0.25, 0.3) is 27.0 Å². The van der Waals surface area contributed by atoms with Crippen LogP contribution >= 0.6 is 11.3 Å². The van der Waals surface area contributed by atoms with E-state index in [4.69, 9.17) is 5.11 Å². The summed E-state index contributed by atoms with van der Waals surface area (Å²) in [5, 5.41) is 13.4. The first-order chi connectivity index (χ1) is 15.1. The maximum Gasteiger partial charge on any atom is 0.407 e. The van der Waals surface area contributed by atoms with E-state index in [-0.39, 0.29) is 5.82 Å². The summed E-state index contributed by atoms with van der Waals surface area (Å²) in [5.74, 6) is -0.293. The van der Waals surface area contributed by atoms with Gasteiger partial charge in [0.1, 0.15) is 11.5 Å². The van der Waals surface area contributed by atoms with Crippen LogP contribution in [0.4, 0.5) is 20.6 Å². The fourth-order valence-corrected chi connectivity index (χ4v) is 4.33. The lowest BCUT2D eigenvalue weighted by atomic mass is 10.0. The van der Waals surface area contributed by atoms with E-state index in [0.717, 1.165) is 38.6 Å². The van der Waals surface area contributed by atoms with E-state index in [9.17, 15) is 9.18 Å². The number of aromatic amines is 1. The van der Waals surface area contributed by atoms with Crippen LogP contribution in [-0.2, 0) is 0 Å². The molecule has 1 aromatic carbocycles. The molecule has 0 spiro atoms. The highest BCUT2D eigenvalue weighted by atomic mass is 32.1. The van der Waals surface area contributed by atoms with Gasteiger partial charge in [-0.05, 0) is 42.3 Å². The van der Waals surface area contributed by atoms with Crippen molar-refractivity contribution >= 4 is 45.4 Å². The Labute approximate surface area is 180 Å². The maximum atomic E-state index is 14.3. The third kappa shape index (κ3) is 3.75. The van der Waals surface area contributed by atoms with Gasteiger partial charge in [-0.3, -0.25) is 4.98 Å². The van der Waals surface area contributed by atoms with Crippen molar-refractivity contribution in [1.29, 1.82) is 0 Å². The molecule has 1 aliphatic rings. The fraction of sp³-hybridized carbons (Fsp3) is 0.136. The Balaban J connectivity index is 1.45. The minimum Gasteiger partial charge on any atom is -0.465 e. The molecule has 4 aromatic rings. The van der Waals surface area contributed by atoms with Crippen molar-refractivity contribution < 1.29 is 14.3 Å². The molecular weight excluding hydrogens is 417 g/mol. The molecule has 9 heteroatoms. The first-order valence-electron chi connectivity index (χ1n) is 9.69. The van der Waals surface area contributed by atoms with Crippen LogP contribution in [0.15, 0.2) is 54.3 Å². The molecule has 7 nitrogen and oxygen atoms in total. The highest BCUT2D eigenvalue weighted by Gasteiger charge is 2.18. The van der Waals surface area contributed by atoms with Gasteiger partial charge in [0, 0.05) is 47.8 Å². The molecule has 0 saturated heterocycles. The van der Waals surface area contributed by atoms with Gasteiger partial charge in [0.05, 0.1) is 16.1 Å². The molecule has 156 valence electrons. The zero-order valence-corrected chi connectivity index (χ0v) is 17.1. The van der Waals surface area contributed by atoms with Crippen molar-refractivity contribution in [3.8, 4) is 10.4 Å². The van der Waals surface area contributed by atoms with E-state index >= 15 is 0 Å². The SMILES string of the molecule is O=C(O)N1CC=C(c2cc3c(Nc4ccc(F)c(-c5cncs5)c4)ccnc3[nH]2)CC1. The van der Waals surface area contributed by atoms with Gasteiger partial charge in [-0.15, -0.1) is 11.3 Å². The number of aromatic nitrogens is 3. The topological polar surface area (TPSA) is 94.1 Å². The zero-order chi connectivity index (χ0) is 21.4. The van der Waals surface area contributed by atoms with Crippen LogP contribution in [-0.4, -0.2) is 44.1 Å². The Bertz CT molecular complexity index is 1300. The van der Waals surface area contributed by atoms with Crippen LogP contribution in [0, 0.1) is 5.82 Å². The van der Waals surface area contributed by atoms with E-state index in [2.05, 4.69) is 20.3 Å². The number of halogens is 1. The van der Waals surface area contributed by atoms with Gasteiger partial charge < -0.3 is 20.3 Å². The Kier molecular flexibility index (Phi) is 4.87. The maximum absolute atomic E-state index is 14.3. The van der Waals surface area contributed by atoms with Crippen molar-refractivity contribution in [1.82, 2.24) is 19.9 Å². The fourth-order valence-electron chi connectivity index (χ4n) is 3.69. The second-order valence-electron chi connectivity index (χ2n) is 7.20. The van der Waals surface area contributed by atoms with Gasteiger partial charge in [0.25, 0.3) is 0 Å². The second kappa shape index (κ2) is 7.84. The molecule has 1 amide bonds. The molecule has 0 unspecified atom stereocenters. The largest absolute Gasteiger partial charge is 0.465 e. The number of rotatable bonds is 4. The van der Waals surface area contributed by atoms with Crippen LogP contribution in [0.1, 0.15) is 12.1 Å². The Hall–Kier alpha value is -3.72. The van der Waals surface area contributed by atoms with Crippen molar-refractivity contribution in [2.45, 2.75) is 6.42 Å². The summed E-state index contributed by atoms with van der Waals surface area (Å²) in [6, 6.07) is 8.80. The summed E-state index contributed by atoms with van der Waals surface area (Å²) >= 11 is 1.39. The lowest BCUT2D eigenvalue weighted by Gasteiger charge is -2.23. The van der Waals surface area contributed by atoms with Crippen molar-refractivity contribution in [2.75, 3.05) is 18.4 Å². The number of H-pyrrole nitrogens is 1. The molecule has 0 atom stereocenters. The third-order valence-corrected chi connectivity index (χ3v) is 6.11. The number of carbonyl (C=O) groups is 1. The van der Waals surface area contributed by atoms with Gasteiger partial charge in [0.15, 0.2) is 0 Å². The monoisotopic (exact) mass is 435 g/mol. The molecular formula is C22H18FN5O2S. The van der Waals surface area contributed by atoms with Gasteiger partial charge in [-0.1, -0.05) is 6.08 Å². The summed E-state index contributed by atoms with van der Waals surface area (Å²) < 4.78 is 14.3. The summed E-state index contributed by atoms with van der Waals surface area (Å²) in [6.07, 6.45) is 5.02. The molecule has 3 N–H and O–H groups in total. The number of fused-ring (bicyclic) bond motifs is 1. The molecule has 5 rings (SSSR count). The van der Waals surface area contributed by atoms with Crippen molar-refractivity contribution in [3.05, 3.63) is 65.8 Å². The van der Waals surface area contributed by atoms with E-state index in [1.807, 2.05) is 18.2 Å². The number of amides is 1. The lowest BCUT2D eigenvalue weighted by Crippen LogP contribution is -2.33. The van der Waals surface area contributed by atoms with Crippen LogP contribution in [0.2, 0.25) is 0 Å². The molecule has 0 bridgehead atoms. The van der Waals surface area contributed by atoms with E-state index in [1.165, 1.54) is 22.3 Å². The number of hydrogen-bond acceptors (Lipinski definition) is 5. The summed E-state index contributed by atoms with van der Waals surface area (Å²) in [7, 11) is 0.